The Kier molecular flexibility index (Phi) is 6.24. The predicted molar refractivity (Wildman–Crippen MR) is 108 cm³/mol. The van der Waals surface area contributed by atoms with Gasteiger partial charge in [0, 0.05) is 19.3 Å². The molecule has 0 unspecified atom stereocenters. The van der Waals surface area contributed by atoms with E-state index in [9.17, 15) is 18.0 Å². The number of carbonyl (C=O) groups excluding carboxylic acids is 2. The molecular formula is C21H26N2O5S. The fourth-order valence-electron chi connectivity index (χ4n) is 3.87. The summed E-state index contributed by atoms with van der Waals surface area (Å²) in [6, 6.07) is 7.05. The van der Waals surface area contributed by atoms with Crippen LogP contribution in [0.2, 0.25) is 0 Å². The molecule has 29 heavy (non-hydrogen) atoms. The van der Waals surface area contributed by atoms with Gasteiger partial charge in [0.25, 0.3) is 0 Å². The minimum Gasteiger partial charge on any atom is -0.457 e. The van der Waals surface area contributed by atoms with Crippen molar-refractivity contribution in [1.29, 1.82) is 0 Å². The van der Waals surface area contributed by atoms with E-state index in [-0.39, 0.29) is 25.5 Å². The van der Waals surface area contributed by atoms with Crippen LogP contribution in [0.1, 0.15) is 40.0 Å². The molecule has 7 nitrogen and oxygen atoms in total. The third-order valence-electron chi connectivity index (χ3n) is 5.23. The van der Waals surface area contributed by atoms with E-state index in [1.54, 1.807) is 32.2 Å². The molecule has 2 aromatic rings. The molecule has 0 radical (unpaired) electrons. The summed E-state index contributed by atoms with van der Waals surface area (Å²) in [4.78, 5) is 27.3. The van der Waals surface area contributed by atoms with Gasteiger partial charge in [0.1, 0.15) is 0 Å². The number of aromatic amines is 1. The van der Waals surface area contributed by atoms with E-state index in [0.717, 1.165) is 16.7 Å². The quantitative estimate of drug-likeness (QED) is 0.575. The molecule has 0 bridgehead atoms. The maximum atomic E-state index is 13.1. The van der Waals surface area contributed by atoms with Gasteiger partial charge in [-0.05, 0) is 56.9 Å². The second-order valence-electron chi connectivity index (χ2n) is 7.52. The van der Waals surface area contributed by atoms with Gasteiger partial charge < -0.3 is 9.72 Å². The Hall–Kier alpha value is -2.45. The molecule has 1 aliphatic rings. The first-order chi connectivity index (χ1) is 13.7. The van der Waals surface area contributed by atoms with Crippen molar-refractivity contribution in [3.63, 3.8) is 0 Å². The second kappa shape index (κ2) is 8.51. The van der Waals surface area contributed by atoms with Gasteiger partial charge in [-0.25, -0.2) is 8.42 Å². The predicted octanol–water partition coefficient (Wildman–Crippen LogP) is 2.77. The van der Waals surface area contributed by atoms with Crippen molar-refractivity contribution >= 4 is 21.8 Å². The fraction of sp³-hybridized carbons (Fsp3) is 0.429. The monoisotopic (exact) mass is 418 g/mol. The van der Waals surface area contributed by atoms with Crippen LogP contribution >= 0.6 is 0 Å². The summed E-state index contributed by atoms with van der Waals surface area (Å²) in [5, 5.41) is 0. The number of aromatic nitrogens is 1. The van der Waals surface area contributed by atoms with Gasteiger partial charge in [-0.3, -0.25) is 9.59 Å². The van der Waals surface area contributed by atoms with Crippen molar-refractivity contribution in [2.45, 2.75) is 38.5 Å². The third-order valence-corrected chi connectivity index (χ3v) is 7.44. The Morgan fingerprint density at radius 3 is 2.31 bits per heavy atom. The number of hydrogen-bond acceptors (Lipinski definition) is 5. The van der Waals surface area contributed by atoms with Crippen LogP contribution in [0.3, 0.4) is 0 Å². The van der Waals surface area contributed by atoms with E-state index in [0.29, 0.717) is 23.4 Å². The summed E-state index contributed by atoms with van der Waals surface area (Å²) in [7, 11) is -3.62. The van der Waals surface area contributed by atoms with Gasteiger partial charge in [-0.2, -0.15) is 4.31 Å². The SMILES string of the molecule is Cc1cc(C)c(S(=O)(=O)N2CCC(C(=O)OCC(=O)c3ccc[nH]3)CC2)c(C)c1. The van der Waals surface area contributed by atoms with Gasteiger partial charge in [0.15, 0.2) is 6.61 Å². The van der Waals surface area contributed by atoms with E-state index in [1.165, 1.54) is 4.31 Å². The smallest absolute Gasteiger partial charge is 0.309 e. The van der Waals surface area contributed by atoms with Crippen molar-refractivity contribution in [2.75, 3.05) is 19.7 Å². The number of ketones is 1. The van der Waals surface area contributed by atoms with Crippen LogP contribution in [0.15, 0.2) is 35.4 Å². The number of Topliss-reactive ketones (excluding diaryl/α,β-unsaturated/α-hetero) is 1. The summed E-state index contributed by atoms with van der Waals surface area (Å²) in [6.07, 6.45) is 2.38. The largest absolute Gasteiger partial charge is 0.457 e. The van der Waals surface area contributed by atoms with Crippen LogP contribution in [0, 0.1) is 26.7 Å². The van der Waals surface area contributed by atoms with E-state index in [1.807, 2.05) is 19.1 Å². The molecule has 0 aliphatic carbocycles. The molecule has 1 fully saturated rings. The highest BCUT2D eigenvalue weighted by molar-refractivity contribution is 7.89. The van der Waals surface area contributed by atoms with Crippen molar-refractivity contribution in [3.8, 4) is 0 Å². The molecule has 0 amide bonds. The van der Waals surface area contributed by atoms with Gasteiger partial charge >= 0.3 is 5.97 Å². The highest BCUT2D eigenvalue weighted by atomic mass is 32.2. The number of sulfonamides is 1. The molecule has 2 heterocycles. The Labute approximate surface area is 171 Å². The Bertz CT molecular complexity index is 981. The average Bonchev–Trinajstić information content (AvgIpc) is 3.19. The topological polar surface area (TPSA) is 96.5 Å². The molecule has 0 saturated carbocycles. The molecule has 0 spiro atoms. The summed E-state index contributed by atoms with van der Waals surface area (Å²) in [5.41, 5.74) is 2.87. The van der Waals surface area contributed by atoms with Crippen LogP contribution in [0.5, 0.6) is 0 Å². The van der Waals surface area contributed by atoms with Crippen molar-refractivity contribution in [3.05, 3.63) is 52.8 Å². The lowest BCUT2D eigenvalue weighted by Gasteiger charge is -2.31. The minimum atomic E-state index is -3.62. The molecular weight excluding hydrogens is 392 g/mol. The number of esters is 1. The standard InChI is InChI=1S/C21H26N2O5S/c1-14-11-15(2)20(16(3)12-14)29(26,27)23-9-6-17(7-10-23)21(25)28-13-19(24)18-5-4-8-22-18/h4-5,8,11-12,17,22H,6-7,9-10,13H2,1-3H3. The van der Waals surface area contributed by atoms with Gasteiger partial charge in [-0.1, -0.05) is 17.7 Å². The highest BCUT2D eigenvalue weighted by Gasteiger charge is 2.34. The van der Waals surface area contributed by atoms with Crippen LogP contribution in [0.4, 0.5) is 0 Å². The summed E-state index contributed by atoms with van der Waals surface area (Å²) in [6.45, 7) is 5.73. The zero-order chi connectivity index (χ0) is 21.2. The fourth-order valence-corrected chi connectivity index (χ4v) is 5.75. The van der Waals surface area contributed by atoms with Crippen molar-refractivity contribution < 1.29 is 22.7 Å². The number of ether oxygens (including phenoxy) is 1. The van der Waals surface area contributed by atoms with Crippen molar-refractivity contribution in [1.82, 2.24) is 9.29 Å². The first-order valence-corrected chi connectivity index (χ1v) is 11.1. The molecule has 1 aromatic carbocycles. The molecule has 3 rings (SSSR count). The number of benzene rings is 1. The lowest BCUT2D eigenvalue weighted by atomic mass is 9.98. The van der Waals surface area contributed by atoms with Gasteiger partial charge in [-0.15, -0.1) is 0 Å². The normalized spacial score (nSPS) is 16.0. The van der Waals surface area contributed by atoms with Crippen LogP contribution in [-0.4, -0.2) is 49.2 Å². The number of aryl methyl sites for hydroxylation is 3. The third kappa shape index (κ3) is 4.59. The second-order valence-corrected chi connectivity index (χ2v) is 9.40. The number of nitrogens with one attached hydrogen (secondary N) is 1. The first kappa shape index (κ1) is 21.3. The Balaban J connectivity index is 1.60. The number of carbonyl (C=O) groups is 2. The molecule has 8 heteroatoms. The number of hydrogen-bond donors (Lipinski definition) is 1. The zero-order valence-corrected chi connectivity index (χ0v) is 17.7. The summed E-state index contributed by atoms with van der Waals surface area (Å²) in [5.74, 6) is -1.16. The van der Waals surface area contributed by atoms with Gasteiger partial charge in [0.2, 0.25) is 15.8 Å². The minimum absolute atomic E-state index is 0.249. The highest BCUT2D eigenvalue weighted by Crippen LogP contribution is 2.29. The lowest BCUT2D eigenvalue weighted by Crippen LogP contribution is -2.41. The summed E-state index contributed by atoms with van der Waals surface area (Å²) >= 11 is 0. The van der Waals surface area contributed by atoms with Gasteiger partial charge in [0.05, 0.1) is 16.5 Å². The number of nitrogens with zero attached hydrogens (tertiary/aromatic N) is 1. The molecule has 156 valence electrons. The molecule has 1 saturated heterocycles. The maximum absolute atomic E-state index is 13.1. The van der Waals surface area contributed by atoms with E-state index in [4.69, 9.17) is 4.74 Å². The maximum Gasteiger partial charge on any atom is 0.309 e. The Morgan fingerprint density at radius 2 is 1.76 bits per heavy atom. The van der Waals surface area contributed by atoms with Crippen LogP contribution < -0.4 is 0 Å². The molecule has 0 atom stereocenters. The molecule has 1 N–H and O–H groups in total. The average molecular weight is 419 g/mol. The first-order valence-electron chi connectivity index (χ1n) is 9.61. The molecule has 1 aromatic heterocycles. The number of H-pyrrole nitrogens is 1. The van der Waals surface area contributed by atoms with E-state index >= 15 is 0 Å². The van der Waals surface area contributed by atoms with E-state index < -0.39 is 21.9 Å². The number of piperidine rings is 1. The number of rotatable bonds is 6. The van der Waals surface area contributed by atoms with Crippen LogP contribution in [0.25, 0.3) is 0 Å². The van der Waals surface area contributed by atoms with E-state index in [2.05, 4.69) is 4.98 Å². The summed E-state index contributed by atoms with van der Waals surface area (Å²) < 4.78 is 32.8. The Morgan fingerprint density at radius 1 is 1.14 bits per heavy atom. The zero-order valence-electron chi connectivity index (χ0n) is 16.9. The van der Waals surface area contributed by atoms with Crippen molar-refractivity contribution in [2.24, 2.45) is 5.92 Å². The molecule has 1 aliphatic heterocycles. The lowest BCUT2D eigenvalue weighted by molar-refractivity contribution is -0.148. The van der Waals surface area contributed by atoms with Crippen LogP contribution in [-0.2, 0) is 19.6 Å².